The molecule has 0 fully saturated rings. The summed E-state index contributed by atoms with van der Waals surface area (Å²) in [5, 5.41) is 0.270. The van der Waals surface area contributed by atoms with E-state index in [1.54, 1.807) is 24.3 Å². The van der Waals surface area contributed by atoms with Gasteiger partial charge in [0.05, 0.1) is 24.4 Å². The summed E-state index contributed by atoms with van der Waals surface area (Å²) in [6, 6.07) is 6.27. The zero-order valence-electron chi connectivity index (χ0n) is 10.2. The molecule has 0 aliphatic rings. The molecule has 0 aliphatic heterocycles. The molecule has 1 atom stereocenters. The van der Waals surface area contributed by atoms with E-state index in [0.717, 1.165) is 5.56 Å². The van der Waals surface area contributed by atoms with Crippen molar-refractivity contribution in [3.8, 4) is 0 Å². The van der Waals surface area contributed by atoms with Crippen LogP contribution in [0.1, 0.15) is 27.7 Å². The van der Waals surface area contributed by atoms with E-state index in [1.807, 2.05) is 0 Å². The Hall–Kier alpha value is -1.98. The number of esters is 1. The molecule has 2 aromatic rings. The minimum Gasteiger partial charge on any atom is -0.465 e. The third-order valence-electron chi connectivity index (χ3n) is 2.67. The van der Waals surface area contributed by atoms with Crippen LogP contribution in [0.25, 0.3) is 0 Å². The predicted molar refractivity (Wildman–Crippen MR) is 70.9 cm³/mol. The number of benzene rings is 1. The maximum absolute atomic E-state index is 11.3. The van der Waals surface area contributed by atoms with E-state index in [2.05, 4.69) is 14.7 Å². The smallest absolute Gasteiger partial charge is 0.337 e. The van der Waals surface area contributed by atoms with Crippen molar-refractivity contribution in [3.05, 3.63) is 58.6 Å². The summed E-state index contributed by atoms with van der Waals surface area (Å²) in [5.41, 5.74) is 7.82. The van der Waals surface area contributed by atoms with Gasteiger partial charge in [-0.3, -0.25) is 4.98 Å². The minimum atomic E-state index is -0.493. The highest BCUT2D eigenvalue weighted by atomic mass is 35.5. The highest BCUT2D eigenvalue weighted by Gasteiger charge is 2.15. The van der Waals surface area contributed by atoms with E-state index >= 15 is 0 Å². The molecule has 6 heteroatoms. The average Bonchev–Trinajstić information content (AvgIpc) is 2.46. The molecule has 98 valence electrons. The summed E-state index contributed by atoms with van der Waals surface area (Å²) in [6.07, 6.45) is 3.03. The second-order valence-electron chi connectivity index (χ2n) is 3.82. The Morgan fingerprint density at radius 2 is 1.89 bits per heavy atom. The van der Waals surface area contributed by atoms with Gasteiger partial charge in [-0.05, 0) is 17.7 Å². The fraction of sp³-hybridized carbons (Fsp3) is 0.154. The number of ether oxygens (including phenoxy) is 1. The van der Waals surface area contributed by atoms with Crippen LogP contribution in [0.5, 0.6) is 0 Å². The van der Waals surface area contributed by atoms with Crippen molar-refractivity contribution < 1.29 is 9.53 Å². The number of aromatic nitrogens is 2. The summed E-state index contributed by atoms with van der Waals surface area (Å²) in [4.78, 5) is 19.4. The molecule has 1 aromatic carbocycles. The van der Waals surface area contributed by atoms with Crippen LogP contribution in [0.4, 0.5) is 0 Å². The van der Waals surface area contributed by atoms with Gasteiger partial charge in [-0.2, -0.15) is 0 Å². The van der Waals surface area contributed by atoms with Crippen LogP contribution >= 0.6 is 11.6 Å². The Morgan fingerprint density at radius 3 is 2.47 bits per heavy atom. The SMILES string of the molecule is COC(=O)c1ccc([C@H](N)c2nccnc2Cl)cc1. The van der Waals surface area contributed by atoms with Gasteiger partial charge in [-0.1, -0.05) is 23.7 Å². The van der Waals surface area contributed by atoms with Gasteiger partial charge in [-0.15, -0.1) is 0 Å². The largest absolute Gasteiger partial charge is 0.465 e. The minimum absolute atomic E-state index is 0.270. The van der Waals surface area contributed by atoms with E-state index in [4.69, 9.17) is 17.3 Å². The predicted octanol–water partition coefficient (Wildman–Crippen LogP) is 1.96. The molecule has 0 saturated heterocycles. The van der Waals surface area contributed by atoms with E-state index in [-0.39, 0.29) is 5.15 Å². The molecular formula is C13H12ClN3O2. The molecule has 0 bridgehead atoms. The number of nitrogens with zero attached hydrogens (tertiary/aromatic N) is 2. The highest BCUT2D eigenvalue weighted by Crippen LogP contribution is 2.22. The Kier molecular flexibility index (Phi) is 4.09. The number of carbonyl (C=O) groups excluding carboxylic acids is 1. The lowest BCUT2D eigenvalue weighted by Crippen LogP contribution is -2.15. The van der Waals surface area contributed by atoms with Crippen molar-refractivity contribution in [1.82, 2.24) is 9.97 Å². The normalized spacial score (nSPS) is 11.9. The maximum atomic E-state index is 11.3. The lowest BCUT2D eigenvalue weighted by molar-refractivity contribution is 0.0600. The Morgan fingerprint density at radius 1 is 1.26 bits per heavy atom. The summed E-state index contributed by atoms with van der Waals surface area (Å²) < 4.78 is 4.63. The average molecular weight is 278 g/mol. The quantitative estimate of drug-likeness (QED) is 0.868. The number of halogens is 1. The second-order valence-corrected chi connectivity index (χ2v) is 4.18. The first-order valence-electron chi connectivity index (χ1n) is 5.53. The molecule has 0 saturated carbocycles. The van der Waals surface area contributed by atoms with Crippen molar-refractivity contribution >= 4 is 17.6 Å². The van der Waals surface area contributed by atoms with Gasteiger partial charge in [0, 0.05) is 12.4 Å². The van der Waals surface area contributed by atoms with Crippen LogP contribution in [0.2, 0.25) is 5.15 Å². The summed E-state index contributed by atoms with van der Waals surface area (Å²) >= 11 is 5.95. The lowest BCUT2D eigenvalue weighted by Gasteiger charge is -2.12. The van der Waals surface area contributed by atoms with Gasteiger partial charge >= 0.3 is 5.97 Å². The van der Waals surface area contributed by atoms with E-state index < -0.39 is 12.0 Å². The Bertz CT molecular complexity index is 587. The first-order valence-corrected chi connectivity index (χ1v) is 5.91. The molecule has 19 heavy (non-hydrogen) atoms. The molecule has 2 rings (SSSR count). The van der Waals surface area contributed by atoms with Crippen LogP contribution < -0.4 is 5.73 Å². The molecule has 1 aromatic heterocycles. The monoisotopic (exact) mass is 277 g/mol. The summed E-state index contributed by atoms with van der Waals surface area (Å²) in [5.74, 6) is -0.391. The number of rotatable bonds is 3. The van der Waals surface area contributed by atoms with Crippen molar-refractivity contribution in [3.63, 3.8) is 0 Å². The number of carbonyl (C=O) groups is 1. The maximum Gasteiger partial charge on any atom is 0.337 e. The van der Waals surface area contributed by atoms with Crippen molar-refractivity contribution in [2.75, 3.05) is 7.11 Å². The zero-order chi connectivity index (χ0) is 13.8. The van der Waals surface area contributed by atoms with Crippen LogP contribution in [0.15, 0.2) is 36.7 Å². The molecule has 1 heterocycles. The van der Waals surface area contributed by atoms with Crippen molar-refractivity contribution in [1.29, 1.82) is 0 Å². The first-order chi connectivity index (χ1) is 9.13. The number of hydrogen-bond acceptors (Lipinski definition) is 5. The topological polar surface area (TPSA) is 78.1 Å². The van der Waals surface area contributed by atoms with Gasteiger partial charge in [-0.25, -0.2) is 9.78 Å². The third-order valence-corrected chi connectivity index (χ3v) is 2.96. The Labute approximate surface area is 115 Å². The molecule has 0 spiro atoms. The van der Waals surface area contributed by atoms with Gasteiger partial charge in [0.2, 0.25) is 0 Å². The summed E-state index contributed by atoms with van der Waals surface area (Å²) in [6.45, 7) is 0. The lowest BCUT2D eigenvalue weighted by atomic mass is 10.0. The number of nitrogens with two attached hydrogens (primary N) is 1. The van der Waals surface area contributed by atoms with Crippen LogP contribution in [-0.2, 0) is 4.74 Å². The highest BCUT2D eigenvalue weighted by molar-refractivity contribution is 6.30. The van der Waals surface area contributed by atoms with Crippen molar-refractivity contribution in [2.24, 2.45) is 5.73 Å². The van der Waals surface area contributed by atoms with Crippen LogP contribution in [-0.4, -0.2) is 23.0 Å². The molecule has 0 radical (unpaired) electrons. The molecule has 0 unspecified atom stereocenters. The Balaban J connectivity index is 2.28. The van der Waals surface area contributed by atoms with Gasteiger partial charge in [0.15, 0.2) is 5.15 Å². The molecule has 0 amide bonds. The van der Waals surface area contributed by atoms with E-state index in [9.17, 15) is 4.79 Å². The number of methoxy groups -OCH3 is 1. The fourth-order valence-electron chi connectivity index (χ4n) is 1.64. The van der Waals surface area contributed by atoms with E-state index in [0.29, 0.717) is 11.3 Å². The molecule has 0 aliphatic carbocycles. The molecule has 2 N–H and O–H groups in total. The van der Waals surface area contributed by atoms with Gasteiger partial charge in [0.1, 0.15) is 0 Å². The fourth-order valence-corrected chi connectivity index (χ4v) is 1.87. The third kappa shape index (κ3) is 2.89. The van der Waals surface area contributed by atoms with Gasteiger partial charge < -0.3 is 10.5 Å². The van der Waals surface area contributed by atoms with Crippen molar-refractivity contribution in [2.45, 2.75) is 6.04 Å². The summed E-state index contributed by atoms with van der Waals surface area (Å²) in [7, 11) is 1.33. The van der Waals surface area contributed by atoms with Crippen LogP contribution in [0, 0.1) is 0 Å². The first kappa shape index (κ1) is 13.5. The second kappa shape index (κ2) is 5.77. The molecule has 5 nitrogen and oxygen atoms in total. The standard InChI is InChI=1S/C13H12ClN3O2/c1-19-13(18)9-4-2-8(3-5-9)10(15)11-12(14)17-7-6-16-11/h2-7,10H,15H2,1H3/t10-/m0/s1. The van der Waals surface area contributed by atoms with Crippen LogP contribution in [0.3, 0.4) is 0 Å². The van der Waals surface area contributed by atoms with Gasteiger partial charge in [0.25, 0.3) is 0 Å². The molecular weight excluding hydrogens is 266 g/mol. The zero-order valence-corrected chi connectivity index (χ0v) is 11.0. The van der Waals surface area contributed by atoms with E-state index in [1.165, 1.54) is 19.5 Å². The number of hydrogen-bond donors (Lipinski definition) is 1.